The van der Waals surface area contributed by atoms with Gasteiger partial charge in [0.15, 0.2) is 0 Å². The molecule has 0 saturated heterocycles. The first kappa shape index (κ1) is 13.3. The Kier molecular flexibility index (Phi) is 4.61. The van der Waals surface area contributed by atoms with Crippen molar-refractivity contribution >= 4 is 21.6 Å². The van der Waals surface area contributed by atoms with Gasteiger partial charge in [-0.25, -0.2) is 0 Å². The monoisotopic (exact) mass is 297 g/mol. The largest absolute Gasteiger partial charge is 0.398 e. The minimum atomic E-state index is -4.17. The summed E-state index contributed by atoms with van der Waals surface area (Å²) in [5.74, 6) is 0. The molecule has 90 valence electrons. The highest BCUT2D eigenvalue weighted by Crippen LogP contribution is 2.25. The van der Waals surface area contributed by atoms with Crippen molar-refractivity contribution in [2.24, 2.45) is 0 Å². The smallest absolute Gasteiger partial charge is 0.391 e. The van der Waals surface area contributed by atoms with Crippen LogP contribution in [0.5, 0.6) is 0 Å². The molecule has 6 heteroatoms. The summed E-state index contributed by atoms with van der Waals surface area (Å²) in [6.07, 6.45) is -5.11. The molecule has 0 fully saturated rings. The van der Waals surface area contributed by atoms with Gasteiger partial charge in [0.05, 0.1) is 19.6 Å². The van der Waals surface area contributed by atoms with Gasteiger partial charge in [-0.1, -0.05) is 12.1 Å². The van der Waals surface area contributed by atoms with Crippen molar-refractivity contribution in [3.05, 3.63) is 28.2 Å². The molecule has 2 nitrogen and oxygen atoms in total. The summed E-state index contributed by atoms with van der Waals surface area (Å²) in [5, 5.41) is 0. The van der Waals surface area contributed by atoms with Gasteiger partial charge in [-0.2, -0.15) is 13.2 Å². The van der Waals surface area contributed by atoms with Crippen LogP contribution in [0.25, 0.3) is 0 Å². The summed E-state index contributed by atoms with van der Waals surface area (Å²) in [7, 11) is 0. The maximum Gasteiger partial charge on any atom is 0.391 e. The van der Waals surface area contributed by atoms with E-state index in [1.165, 1.54) is 0 Å². The third-order valence-electron chi connectivity index (χ3n) is 1.90. The van der Waals surface area contributed by atoms with Crippen molar-refractivity contribution in [1.29, 1.82) is 0 Å². The van der Waals surface area contributed by atoms with Gasteiger partial charge in [0.1, 0.15) is 0 Å². The lowest BCUT2D eigenvalue weighted by molar-refractivity contribution is -0.146. The molecule has 0 amide bonds. The number of benzene rings is 1. The molecule has 0 radical (unpaired) electrons. The number of alkyl halides is 3. The first-order valence-corrected chi connectivity index (χ1v) is 5.37. The van der Waals surface area contributed by atoms with E-state index in [4.69, 9.17) is 10.5 Å². The molecule has 0 heterocycles. The molecule has 0 aromatic heterocycles. The Labute approximate surface area is 99.7 Å². The van der Waals surface area contributed by atoms with Crippen LogP contribution in [-0.2, 0) is 11.3 Å². The number of ether oxygens (including phenoxy) is 1. The van der Waals surface area contributed by atoms with Crippen molar-refractivity contribution < 1.29 is 17.9 Å². The van der Waals surface area contributed by atoms with Crippen LogP contribution in [0.1, 0.15) is 12.0 Å². The molecule has 1 aromatic carbocycles. The second-order valence-corrected chi connectivity index (χ2v) is 4.03. The van der Waals surface area contributed by atoms with Crippen molar-refractivity contribution in [1.82, 2.24) is 0 Å². The van der Waals surface area contributed by atoms with Crippen LogP contribution in [0.2, 0.25) is 0 Å². The predicted molar refractivity (Wildman–Crippen MR) is 58.9 cm³/mol. The van der Waals surface area contributed by atoms with E-state index in [-0.39, 0.29) is 13.2 Å². The van der Waals surface area contributed by atoms with E-state index in [1.54, 1.807) is 18.2 Å². The van der Waals surface area contributed by atoms with Crippen LogP contribution in [0.4, 0.5) is 18.9 Å². The molecule has 0 aliphatic heterocycles. The molecular weight excluding hydrogens is 287 g/mol. The predicted octanol–water partition coefficient (Wildman–Crippen LogP) is 3.50. The van der Waals surface area contributed by atoms with Crippen LogP contribution in [0.3, 0.4) is 0 Å². The van der Waals surface area contributed by atoms with Gasteiger partial charge < -0.3 is 10.5 Å². The van der Waals surface area contributed by atoms with E-state index >= 15 is 0 Å². The molecule has 0 atom stereocenters. The van der Waals surface area contributed by atoms with Gasteiger partial charge in [0, 0.05) is 10.2 Å². The van der Waals surface area contributed by atoms with Crippen LogP contribution in [0.15, 0.2) is 22.7 Å². The third kappa shape index (κ3) is 4.40. The van der Waals surface area contributed by atoms with E-state index in [0.29, 0.717) is 10.2 Å². The normalized spacial score (nSPS) is 11.8. The van der Waals surface area contributed by atoms with Crippen LogP contribution in [-0.4, -0.2) is 12.8 Å². The maximum atomic E-state index is 11.8. The lowest BCUT2D eigenvalue weighted by Gasteiger charge is -2.09. The van der Waals surface area contributed by atoms with Crippen molar-refractivity contribution in [2.45, 2.75) is 19.2 Å². The van der Waals surface area contributed by atoms with Crippen LogP contribution in [0, 0.1) is 0 Å². The minimum absolute atomic E-state index is 0.113. The summed E-state index contributed by atoms with van der Waals surface area (Å²) in [6, 6.07) is 5.17. The van der Waals surface area contributed by atoms with E-state index < -0.39 is 12.6 Å². The van der Waals surface area contributed by atoms with Crippen molar-refractivity contribution in [2.75, 3.05) is 12.3 Å². The Bertz CT molecular complexity index is 354. The lowest BCUT2D eigenvalue weighted by Crippen LogP contribution is -2.11. The number of anilines is 1. The van der Waals surface area contributed by atoms with Crippen molar-refractivity contribution in [3.63, 3.8) is 0 Å². The summed E-state index contributed by atoms with van der Waals surface area (Å²) in [6.45, 7) is -0.230. The number of halogens is 4. The summed E-state index contributed by atoms with van der Waals surface area (Å²) in [5.41, 5.74) is 6.89. The van der Waals surface area contributed by atoms with E-state index in [2.05, 4.69) is 15.9 Å². The van der Waals surface area contributed by atoms with Gasteiger partial charge in [0.2, 0.25) is 0 Å². The summed E-state index contributed by atoms with van der Waals surface area (Å²) in [4.78, 5) is 0. The molecule has 0 saturated carbocycles. The number of nitrogen functional groups attached to an aromatic ring is 1. The van der Waals surface area contributed by atoms with E-state index in [0.717, 1.165) is 5.56 Å². The highest BCUT2D eigenvalue weighted by Gasteiger charge is 2.26. The topological polar surface area (TPSA) is 35.2 Å². The molecule has 0 spiro atoms. The molecule has 16 heavy (non-hydrogen) atoms. The quantitative estimate of drug-likeness (QED) is 0.682. The van der Waals surface area contributed by atoms with Gasteiger partial charge in [-0.05, 0) is 27.6 Å². The number of nitrogens with two attached hydrogens (primary N) is 1. The first-order valence-electron chi connectivity index (χ1n) is 4.57. The molecule has 1 rings (SSSR count). The lowest BCUT2D eigenvalue weighted by atomic mass is 10.2. The fourth-order valence-corrected chi connectivity index (χ4v) is 1.46. The average Bonchev–Trinajstić information content (AvgIpc) is 2.17. The zero-order chi connectivity index (χ0) is 12.2. The fourth-order valence-electron chi connectivity index (χ4n) is 1.08. The molecule has 2 N–H and O–H groups in total. The molecule has 0 aliphatic carbocycles. The minimum Gasteiger partial charge on any atom is -0.398 e. The Morgan fingerprint density at radius 2 is 2.00 bits per heavy atom. The highest BCUT2D eigenvalue weighted by atomic mass is 79.9. The van der Waals surface area contributed by atoms with Gasteiger partial charge >= 0.3 is 6.18 Å². The Hall–Kier alpha value is -0.750. The molecule has 1 aromatic rings. The third-order valence-corrected chi connectivity index (χ3v) is 2.86. The maximum absolute atomic E-state index is 11.8. The zero-order valence-electron chi connectivity index (χ0n) is 8.35. The summed E-state index contributed by atoms with van der Waals surface area (Å²) >= 11 is 3.24. The molecular formula is C10H11BrF3NO. The first-order chi connectivity index (χ1) is 7.40. The second-order valence-electron chi connectivity index (χ2n) is 3.24. The molecule has 0 aliphatic rings. The summed E-state index contributed by atoms with van der Waals surface area (Å²) < 4.78 is 41.0. The van der Waals surface area contributed by atoms with E-state index in [1.807, 2.05) is 0 Å². The van der Waals surface area contributed by atoms with E-state index in [9.17, 15) is 13.2 Å². The average molecular weight is 298 g/mol. The number of rotatable bonds is 4. The second kappa shape index (κ2) is 5.54. The fraction of sp³-hybridized carbons (Fsp3) is 0.400. The highest BCUT2D eigenvalue weighted by molar-refractivity contribution is 9.10. The number of hydrogen-bond donors (Lipinski definition) is 1. The molecule has 0 unspecified atom stereocenters. The SMILES string of the molecule is Nc1cccc(COCCC(F)(F)F)c1Br. The van der Waals surface area contributed by atoms with Crippen molar-refractivity contribution in [3.8, 4) is 0 Å². The Morgan fingerprint density at radius 3 is 2.62 bits per heavy atom. The van der Waals surface area contributed by atoms with Gasteiger partial charge in [0.25, 0.3) is 0 Å². The Balaban J connectivity index is 2.41. The standard InChI is InChI=1S/C10H11BrF3NO/c11-9-7(2-1-3-8(9)15)6-16-5-4-10(12,13)14/h1-3H,4-6,15H2. The van der Waals surface area contributed by atoms with Gasteiger partial charge in [-0.3, -0.25) is 0 Å². The number of hydrogen-bond acceptors (Lipinski definition) is 2. The van der Waals surface area contributed by atoms with Gasteiger partial charge in [-0.15, -0.1) is 0 Å². The van der Waals surface area contributed by atoms with Crippen LogP contribution >= 0.6 is 15.9 Å². The zero-order valence-corrected chi connectivity index (χ0v) is 9.94. The van der Waals surface area contributed by atoms with Crippen LogP contribution < -0.4 is 5.73 Å². The Morgan fingerprint density at radius 1 is 1.31 bits per heavy atom. The molecule has 0 bridgehead atoms.